The van der Waals surface area contributed by atoms with Crippen LogP contribution in [0.3, 0.4) is 0 Å². The second kappa shape index (κ2) is 4.68. The molecule has 18 heavy (non-hydrogen) atoms. The molecular formula is C13H17N3O2. The molecule has 0 spiro atoms. The summed E-state index contributed by atoms with van der Waals surface area (Å²) in [6.07, 6.45) is 0. The van der Waals surface area contributed by atoms with E-state index < -0.39 is 0 Å². The lowest BCUT2D eigenvalue weighted by molar-refractivity contribution is 0.0529. The maximum absolute atomic E-state index is 12.1. The Morgan fingerprint density at radius 2 is 2.17 bits per heavy atom. The van der Waals surface area contributed by atoms with E-state index in [2.05, 4.69) is 5.10 Å². The summed E-state index contributed by atoms with van der Waals surface area (Å²) in [6, 6.07) is 5.74. The van der Waals surface area contributed by atoms with E-state index >= 15 is 0 Å². The third-order valence-corrected chi connectivity index (χ3v) is 2.73. The van der Waals surface area contributed by atoms with Crippen LogP contribution >= 0.6 is 0 Å². The van der Waals surface area contributed by atoms with Gasteiger partial charge in [0.05, 0.1) is 12.1 Å². The summed E-state index contributed by atoms with van der Waals surface area (Å²) in [5.41, 5.74) is 2.27. The van der Waals surface area contributed by atoms with Crippen LogP contribution in [0.25, 0.3) is 5.52 Å². The van der Waals surface area contributed by atoms with Crippen molar-refractivity contribution in [2.24, 2.45) is 0 Å². The van der Waals surface area contributed by atoms with Gasteiger partial charge in [-0.3, -0.25) is 0 Å². The van der Waals surface area contributed by atoms with Crippen LogP contribution in [0.2, 0.25) is 0 Å². The van der Waals surface area contributed by atoms with Crippen LogP contribution in [-0.2, 0) is 4.74 Å². The van der Waals surface area contributed by atoms with Crippen molar-refractivity contribution >= 4 is 17.3 Å². The van der Waals surface area contributed by atoms with Crippen molar-refractivity contribution < 1.29 is 9.53 Å². The van der Waals surface area contributed by atoms with Crippen molar-refractivity contribution in [3.8, 4) is 0 Å². The molecule has 0 aliphatic rings. The first-order valence-electron chi connectivity index (χ1n) is 5.89. The fourth-order valence-corrected chi connectivity index (χ4v) is 1.90. The number of hydrogen-bond donors (Lipinski definition) is 0. The van der Waals surface area contributed by atoms with Crippen molar-refractivity contribution in [3.63, 3.8) is 0 Å². The van der Waals surface area contributed by atoms with E-state index in [4.69, 9.17) is 4.74 Å². The molecule has 2 aromatic heterocycles. The van der Waals surface area contributed by atoms with Gasteiger partial charge in [-0.2, -0.15) is 0 Å². The number of pyridine rings is 1. The molecule has 0 radical (unpaired) electrons. The normalized spacial score (nSPS) is 10.7. The minimum atomic E-state index is -0.332. The Labute approximate surface area is 106 Å². The molecule has 2 rings (SSSR count). The molecule has 96 valence electrons. The lowest BCUT2D eigenvalue weighted by Crippen LogP contribution is -2.14. The van der Waals surface area contributed by atoms with Gasteiger partial charge in [-0.1, -0.05) is 6.07 Å². The van der Waals surface area contributed by atoms with Gasteiger partial charge in [-0.15, -0.1) is 5.10 Å². The molecule has 0 N–H and O–H groups in total. The number of carbonyl (C=O) groups is 1. The molecule has 0 aliphatic carbocycles. The molecule has 5 nitrogen and oxygen atoms in total. The van der Waals surface area contributed by atoms with Gasteiger partial charge >= 0.3 is 5.97 Å². The van der Waals surface area contributed by atoms with E-state index in [9.17, 15) is 4.79 Å². The van der Waals surface area contributed by atoms with Crippen LogP contribution in [0.4, 0.5) is 5.82 Å². The minimum Gasteiger partial charge on any atom is -0.462 e. The number of hydrogen-bond acceptors (Lipinski definition) is 4. The summed E-state index contributed by atoms with van der Waals surface area (Å²) in [7, 11) is 3.72. The highest BCUT2D eigenvalue weighted by molar-refractivity contribution is 6.02. The number of anilines is 1. The molecule has 0 saturated carbocycles. The number of ether oxygens (including phenoxy) is 1. The van der Waals surface area contributed by atoms with E-state index in [1.807, 2.05) is 44.1 Å². The molecule has 0 bridgehead atoms. The predicted octanol–water partition coefficient (Wildman–Crippen LogP) is 1.89. The Balaban J connectivity index is 2.71. The predicted molar refractivity (Wildman–Crippen MR) is 70.2 cm³/mol. The fraction of sp³-hybridized carbons (Fsp3) is 0.385. The van der Waals surface area contributed by atoms with Crippen LogP contribution in [0.1, 0.15) is 23.0 Å². The zero-order chi connectivity index (χ0) is 13.3. The number of nitrogens with zero attached hydrogens (tertiary/aromatic N) is 3. The number of rotatable bonds is 3. The number of aryl methyl sites for hydroxylation is 1. The van der Waals surface area contributed by atoms with Gasteiger partial charge in [-0.25, -0.2) is 9.31 Å². The molecule has 2 heterocycles. The first-order valence-corrected chi connectivity index (χ1v) is 5.89. The largest absolute Gasteiger partial charge is 0.462 e. The van der Waals surface area contributed by atoms with Crippen LogP contribution < -0.4 is 4.90 Å². The van der Waals surface area contributed by atoms with Crippen LogP contribution in [0.15, 0.2) is 18.2 Å². The Morgan fingerprint density at radius 3 is 2.78 bits per heavy atom. The minimum absolute atomic E-state index is 0.332. The van der Waals surface area contributed by atoms with E-state index in [0.29, 0.717) is 18.0 Å². The highest BCUT2D eigenvalue weighted by Crippen LogP contribution is 2.24. The Hall–Kier alpha value is -2.04. The van der Waals surface area contributed by atoms with E-state index in [1.165, 1.54) is 0 Å². The molecule has 0 atom stereocenters. The molecular weight excluding hydrogens is 230 g/mol. The van der Waals surface area contributed by atoms with Crippen molar-refractivity contribution in [3.05, 3.63) is 29.5 Å². The van der Waals surface area contributed by atoms with Crippen LogP contribution in [-0.4, -0.2) is 36.3 Å². The third-order valence-electron chi connectivity index (χ3n) is 2.73. The number of aromatic nitrogens is 2. The highest BCUT2D eigenvalue weighted by atomic mass is 16.5. The monoisotopic (exact) mass is 247 g/mol. The second-order valence-corrected chi connectivity index (χ2v) is 4.28. The van der Waals surface area contributed by atoms with Crippen molar-refractivity contribution in [2.45, 2.75) is 13.8 Å². The number of esters is 1. The maximum atomic E-state index is 12.1. The maximum Gasteiger partial charge on any atom is 0.344 e. The van der Waals surface area contributed by atoms with Gasteiger partial charge in [0.2, 0.25) is 0 Å². The summed E-state index contributed by atoms with van der Waals surface area (Å²) < 4.78 is 6.87. The van der Waals surface area contributed by atoms with Gasteiger partial charge in [0.15, 0.2) is 5.82 Å². The molecule has 0 amide bonds. The first-order chi connectivity index (χ1) is 8.56. The van der Waals surface area contributed by atoms with Crippen molar-refractivity contribution in [2.75, 3.05) is 25.6 Å². The van der Waals surface area contributed by atoms with Crippen LogP contribution in [0, 0.1) is 6.92 Å². The summed E-state index contributed by atoms with van der Waals surface area (Å²) in [6.45, 7) is 4.10. The Morgan fingerprint density at radius 1 is 1.44 bits per heavy atom. The second-order valence-electron chi connectivity index (χ2n) is 4.28. The van der Waals surface area contributed by atoms with Crippen LogP contribution in [0.5, 0.6) is 0 Å². The molecule has 0 aromatic carbocycles. The smallest absolute Gasteiger partial charge is 0.344 e. The zero-order valence-corrected chi connectivity index (χ0v) is 11.1. The third kappa shape index (κ3) is 1.92. The molecule has 5 heteroatoms. The summed E-state index contributed by atoms with van der Waals surface area (Å²) in [4.78, 5) is 13.9. The van der Waals surface area contributed by atoms with Crippen molar-refractivity contribution in [1.82, 2.24) is 9.61 Å². The Kier molecular flexibility index (Phi) is 3.23. The SMILES string of the molecule is CCOC(=O)c1c(N(C)C)nn2c(C)cccc12. The summed E-state index contributed by atoms with van der Waals surface area (Å²) >= 11 is 0. The lowest BCUT2D eigenvalue weighted by Gasteiger charge is -2.10. The molecule has 0 fully saturated rings. The topological polar surface area (TPSA) is 46.8 Å². The van der Waals surface area contributed by atoms with Gasteiger partial charge in [0.25, 0.3) is 0 Å². The molecule has 0 aliphatic heterocycles. The van der Waals surface area contributed by atoms with E-state index in [0.717, 1.165) is 11.2 Å². The van der Waals surface area contributed by atoms with Gasteiger partial charge in [0, 0.05) is 19.8 Å². The van der Waals surface area contributed by atoms with Gasteiger partial charge in [-0.05, 0) is 26.0 Å². The Bertz CT molecular complexity index is 587. The standard InChI is InChI=1S/C13H17N3O2/c1-5-18-13(17)11-10-8-6-7-9(2)16(10)14-12(11)15(3)4/h6-8H,5H2,1-4H3. The molecule has 0 saturated heterocycles. The number of carbonyl (C=O) groups excluding carboxylic acids is 1. The van der Waals surface area contributed by atoms with Crippen molar-refractivity contribution in [1.29, 1.82) is 0 Å². The van der Waals surface area contributed by atoms with Gasteiger partial charge < -0.3 is 9.64 Å². The molecule has 2 aromatic rings. The average molecular weight is 247 g/mol. The fourth-order valence-electron chi connectivity index (χ4n) is 1.90. The first kappa shape index (κ1) is 12.4. The number of fused-ring (bicyclic) bond motifs is 1. The molecule has 0 unspecified atom stereocenters. The van der Waals surface area contributed by atoms with Gasteiger partial charge in [0.1, 0.15) is 5.56 Å². The zero-order valence-electron chi connectivity index (χ0n) is 11.1. The summed E-state index contributed by atoms with van der Waals surface area (Å²) in [5, 5.41) is 4.46. The average Bonchev–Trinajstić information content (AvgIpc) is 2.70. The van der Waals surface area contributed by atoms with E-state index in [1.54, 1.807) is 11.4 Å². The van der Waals surface area contributed by atoms with E-state index in [-0.39, 0.29) is 5.97 Å². The lowest BCUT2D eigenvalue weighted by atomic mass is 10.2. The summed E-state index contributed by atoms with van der Waals surface area (Å²) in [5.74, 6) is 0.296. The quantitative estimate of drug-likeness (QED) is 0.777. The highest BCUT2D eigenvalue weighted by Gasteiger charge is 2.22.